The highest BCUT2D eigenvalue weighted by Crippen LogP contribution is 2.27. The number of methoxy groups -OCH3 is 1. The zero-order chi connectivity index (χ0) is 18.4. The number of benzene rings is 3. The molecule has 0 fully saturated rings. The van der Waals surface area contributed by atoms with Crippen molar-refractivity contribution in [1.82, 2.24) is 0 Å². The van der Waals surface area contributed by atoms with Crippen molar-refractivity contribution in [2.75, 3.05) is 12.4 Å². The third kappa shape index (κ3) is 4.67. The van der Waals surface area contributed by atoms with E-state index in [0.29, 0.717) is 22.9 Å². The van der Waals surface area contributed by atoms with E-state index in [2.05, 4.69) is 5.32 Å². The first-order valence-electron chi connectivity index (χ1n) is 8.18. The van der Waals surface area contributed by atoms with Gasteiger partial charge in [-0.15, -0.1) is 0 Å². The lowest BCUT2D eigenvalue weighted by atomic mass is 10.2. The molecule has 3 aromatic rings. The van der Waals surface area contributed by atoms with Crippen LogP contribution in [0, 0.1) is 5.82 Å². The summed E-state index contributed by atoms with van der Waals surface area (Å²) in [5.74, 6) is 1.06. The topological polar surface area (TPSA) is 30.5 Å². The molecule has 26 heavy (non-hydrogen) atoms. The highest BCUT2D eigenvalue weighted by molar-refractivity contribution is 6.32. The molecule has 0 saturated heterocycles. The smallest absolute Gasteiger partial charge is 0.138 e. The second-order valence-corrected chi connectivity index (χ2v) is 6.13. The zero-order valence-corrected chi connectivity index (χ0v) is 15.1. The number of anilines is 1. The fourth-order valence-electron chi connectivity index (χ4n) is 2.46. The summed E-state index contributed by atoms with van der Waals surface area (Å²) < 4.78 is 24.4. The fourth-order valence-corrected chi connectivity index (χ4v) is 2.71. The molecule has 3 nitrogen and oxygen atoms in total. The number of hydrogen-bond donors (Lipinski definition) is 1. The number of halogens is 2. The lowest BCUT2D eigenvalue weighted by Crippen LogP contribution is -2.01. The van der Waals surface area contributed by atoms with Crippen LogP contribution in [0.2, 0.25) is 5.02 Å². The Hall–Kier alpha value is -2.72. The van der Waals surface area contributed by atoms with Crippen LogP contribution >= 0.6 is 11.6 Å². The minimum absolute atomic E-state index is 0.135. The van der Waals surface area contributed by atoms with Crippen LogP contribution in [-0.2, 0) is 13.2 Å². The van der Waals surface area contributed by atoms with E-state index in [1.165, 1.54) is 6.07 Å². The van der Waals surface area contributed by atoms with E-state index in [-0.39, 0.29) is 12.4 Å². The van der Waals surface area contributed by atoms with Gasteiger partial charge in [0.2, 0.25) is 0 Å². The van der Waals surface area contributed by atoms with Gasteiger partial charge in [0.1, 0.15) is 23.9 Å². The van der Waals surface area contributed by atoms with E-state index in [0.717, 1.165) is 17.0 Å². The van der Waals surface area contributed by atoms with Gasteiger partial charge in [0.15, 0.2) is 0 Å². The average molecular weight is 372 g/mol. The third-order valence-electron chi connectivity index (χ3n) is 3.92. The molecule has 5 heteroatoms. The van der Waals surface area contributed by atoms with E-state index >= 15 is 0 Å². The standard InChI is InChI=1S/C21H19ClFNO2/c1-25-18-9-7-17(8-10-18)24-13-15-6-11-21(19(22)12-15)26-14-16-4-2-3-5-20(16)23/h2-12,24H,13-14H2,1H3. The van der Waals surface area contributed by atoms with Gasteiger partial charge in [0, 0.05) is 17.8 Å². The molecule has 0 aromatic heterocycles. The van der Waals surface area contributed by atoms with Crippen molar-refractivity contribution in [3.8, 4) is 11.5 Å². The van der Waals surface area contributed by atoms with Crippen LogP contribution in [0.5, 0.6) is 11.5 Å². The highest BCUT2D eigenvalue weighted by Gasteiger charge is 2.06. The van der Waals surface area contributed by atoms with Crippen molar-refractivity contribution in [2.24, 2.45) is 0 Å². The Morgan fingerprint density at radius 3 is 2.46 bits per heavy atom. The quantitative estimate of drug-likeness (QED) is 0.579. The largest absolute Gasteiger partial charge is 0.497 e. The van der Waals surface area contributed by atoms with Crippen LogP contribution in [0.3, 0.4) is 0 Å². The molecule has 1 N–H and O–H groups in total. The molecule has 0 aliphatic heterocycles. The molecule has 3 aromatic carbocycles. The molecule has 0 aliphatic carbocycles. The number of hydrogen-bond acceptors (Lipinski definition) is 3. The molecule has 0 spiro atoms. The van der Waals surface area contributed by atoms with E-state index in [9.17, 15) is 4.39 Å². The highest BCUT2D eigenvalue weighted by atomic mass is 35.5. The summed E-state index contributed by atoms with van der Waals surface area (Å²) in [5, 5.41) is 3.82. The molecule has 0 aliphatic rings. The molecule has 0 amide bonds. The lowest BCUT2D eigenvalue weighted by molar-refractivity contribution is 0.300. The van der Waals surface area contributed by atoms with E-state index in [4.69, 9.17) is 21.1 Å². The van der Waals surface area contributed by atoms with Gasteiger partial charge in [-0.1, -0.05) is 35.9 Å². The van der Waals surface area contributed by atoms with Crippen LogP contribution in [0.1, 0.15) is 11.1 Å². The van der Waals surface area contributed by atoms with Crippen molar-refractivity contribution < 1.29 is 13.9 Å². The molecule has 0 saturated carbocycles. The fraction of sp³-hybridized carbons (Fsp3) is 0.143. The minimum atomic E-state index is -0.288. The summed E-state index contributed by atoms with van der Waals surface area (Å²) >= 11 is 6.29. The lowest BCUT2D eigenvalue weighted by Gasteiger charge is -2.11. The second kappa shape index (κ2) is 8.59. The van der Waals surface area contributed by atoms with Crippen LogP contribution in [0.4, 0.5) is 10.1 Å². The summed E-state index contributed by atoms with van der Waals surface area (Å²) in [4.78, 5) is 0. The van der Waals surface area contributed by atoms with E-state index < -0.39 is 0 Å². The van der Waals surface area contributed by atoms with Gasteiger partial charge in [-0.25, -0.2) is 4.39 Å². The monoisotopic (exact) mass is 371 g/mol. The van der Waals surface area contributed by atoms with Crippen LogP contribution in [0.15, 0.2) is 66.7 Å². The minimum Gasteiger partial charge on any atom is -0.497 e. The summed E-state index contributed by atoms with van der Waals surface area (Å²) in [6.07, 6.45) is 0. The van der Waals surface area contributed by atoms with Crippen molar-refractivity contribution in [1.29, 1.82) is 0 Å². The molecule has 0 unspecified atom stereocenters. The SMILES string of the molecule is COc1ccc(NCc2ccc(OCc3ccccc3F)c(Cl)c2)cc1. The Balaban J connectivity index is 1.59. The molecule has 3 rings (SSSR count). The summed E-state index contributed by atoms with van der Waals surface area (Å²) in [7, 11) is 1.64. The number of ether oxygens (including phenoxy) is 2. The van der Waals surface area contributed by atoms with Crippen molar-refractivity contribution in [3.05, 3.63) is 88.7 Å². The Bertz CT molecular complexity index is 868. The molecule has 0 bridgehead atoms. The van der Waals surface area contributed by atoms with Crippen molar-refractivity contribution in [3.63, 3.8) is 0 Å². The Labute approximate surface area is 157 Å². The second-order valence-electron chi connectivity index (χ2n) is 5.73. The maximum absolute atomic E-state index is 13.6. The third-order valence-corrected chi connectivity index (χ3v) is 4.22. The normalized spacial score (nSPS) is 10.4. The van der Waals surface area contributed by atoms with Crippen LogP contribution in [-0.4, -0.2) is 7.11 Å². The van der Waals surface area contributed by atoms with Crippen molar-refractivity contribution in [2.45, 2.75) is 13.2 Å². The summed E-state index contributed by atoms with van der Waals surface area (Å²) in [6, 6.07) is 19.8. The van der Waals surface area contributed by atoms with Gasteiger partial charge in [-0.2, -0.15) is 0 Å². The Kier molecular flexibility index (Phi) is 5.97. The average Bonchev–Trinajstić information content (AvgIpc) is 2.67. The van der Waals surface area contributed by atoms with E-state index in [1.807, 2.05) is 36.4 Å². The summed E-state index contributed by atoms with van der Waals surface area (Å²) in [6.45, 7) is 0.759. The van der Waals surface area contributed by atoms with Crippen LogP contribution in [0.25, 0.3) is 0 Å². The molecule has 134 valence electrons. The Morgan fingerprint density at radius 1 is 1.00 bits per heavy atom. The predicted octanol–water partition coefficient (Wildman–Crippen LogP) is 5.68. The first kappa shape index (κ1) is 18.1. The molecule has 0 heterocycles. The summed E-state index contributed by atoms with van der Waals surface area (Å²) in [5.41, 5.74) is 2.50. The molecular weight excluding hydrogens is 353 g/mol. The zero-order valence-electron chi connectivity index (χ0n) is 14.3. The van der Waals surface area contributed by atoms with Crippen LogP contribution < -0.4 is 14.8 Å². The Morgan fingerprint density at radius 2 is 1.77 bits per heavy atom. The van der Waals surface area contributed by atoms with Crippen molar-refractivity contribution >= 4 is 17.3 Å². The number of nitrogens with one attached hydrogen (secondary N) is 1. The number of rotatable bonds is 7. The van der Waals surface area contributed by atoms with E-state index in [1.54, 1.807) is 31.4 Å². The van der Waals surface area contributed by atoms with Gasteiger partial charge in [0.05, 0.1) is 12.1 Å². The van der Waals surface area contributed by atoms with Gasteiger partial charge >= 0.3 is 0 Å². The first-order chi connectivity index (χ1) is 12.7. The molecule has 0 atom stereocenters. The first-order valence-corrected chi connectivity index (χ1v) is 8.56. The van der Waals surface area contributed by atoms with Gasteiger partial charge in [-0.05, 0) is 48.0 Å². The van der Waals surface area contributed by atoms with Gasteiger partial charge in [0.25, 0.3) is 0 Å². The molecule has 0 radical (unpaired) electrons. The molecular formula is C21H19ClFNO2. The van der Waals surface area contributed by atoms with Gasteiger partial charge in [-0.3, -0.25) is 0 Å². The predicted molar refractivity (Wildman–Crippen MR) is 103 cm³/mol. The maximum Gasteiger partial charge on any atom is 0.138 e. The van der Waals surface area contributed by atoms with Gasteiger partial charge < -0.3 is 14.8 Å². The maximum atomic E-state index is 13.6.